The van der Waals surface area contributed by atoms with Gasteiger partial charge in [0.25, 0.3) is 5.91 Å². The van der Waals surface area contributed by atoms with Crippen molar-refractivity contribution in [1.82, 2.24) is 9.97 Å². The normalized spacial score (nSPS) is 11.8. The number of rotatable bonds is 6. The smallest absolute Gasteiger partial charge is 0.359 e. The second-order valence-electron chi connectivity index (χ2n) is 6.21. The first-order valence-corrected chi connectivity index (χ1v) is 10.9. The van der Waals surface area contributed by atoms with E-state index in [2.05, 4.69) is 22.2 Å². The molecule has 0 saturated heterocycles. The first-order chi connectivity index (χ1) is 14.3. The maximum absolute atomic E-state index is 12.4. The highest BCUT2D eigenvalue weighted by atomic mass is 35.5. The Balaban J connectivity index is 1.64. The number of aryl methyl sites for hydroxylation is 1. The molecule has 3 rings (SSSR count). The molecule has 156 valence electrons. The van der Waals surface area contributed by atoms with E-state index in [1.165, 1.54) is 30.0 Å². The summed E-state index contributed by atoms with van der Waals surface area (Å²) in [5.74, 6) is -1.43. The van der Waals surface area contributed by atoms with Gasteiger partial charge in [-0.1, -0.05) is 66.0 Å². The molecule has 1 N–H and O–H groups in total. The number of pyridine rings is 1. The predicted molar refractivity (Wildman–Crippen MR) is 120 cm³/mol. The molecule has 0 aliphatic heterocycles. The van der Waals surface area contributed by atoms with Gasteiger partial charge < -0.3 is 4.74 Å². The minimum absolute atomic E-state index is 0.0142. The van der Waals surface area contributed by atoms with Crippen molar-refractivity contribution in [2.45, 2.75) is 26.4 Å². The highest BCUT2D eigenvalue weighted by Crippen LogP contribution is 2.31. The van der Waals surface area contributed by atoms with E-state index in [9.17, 15) is 9.59 Å². The van der Waals surface area contributed by atoms with E-state index in [0.717, 1.165) is 17.7 Å². The van der Waals surface area contributed by atoms with Crippen LogP contribution in [0.4, 0.5) is 5.13 Å². The summed E-state index contributed by atoms with van der Waals surface area (Å²) in [6.45, 7) is 3.52. The monoisotopic (exact) mass is 483 g/mol. The largest absolute Gasteiger partial charge is 0.448 e. The van der Waals surface area contributed by atoms with Crippen molar-refractivity contribution in [3.63, 3.8) is 0 Å². The van der Waals surface area contributed by atoms with Crippen LogP contribution in [-0.2, 0) is 16.0 Å². The van der Waals surface area contributed by atoms with Crippen LogP contribution in [0.1, 0.15) is 29.9 Å². The topological polar surface area (TPSA) is 81.2 Å². The number of nitrogens with zero attached hydrogens (tertiary/aromatic N) is 2. The van der Waals surface area contributed by atoms with Crippen molar-refractivity contribution in [3.05, 3.63) is 62.2 Å². The fourth-order valence-corrected chi connectivity index (χ4v) is 3.72. The quantitative estimate of drug-likeness (QED) is 0.440. The van der Waals surface area contributed by atoms with E-state index in [-0.39, 0.29) is 20.8 Å². The Hall–Kier alpha value is -2.19. The molecule has 1 atom stereocenters. The van der Waals surface area contributed by atoms with Gasteiger partial charge in [0.2, 0.25) is 0 Å². The number of hydrogen-bond acceptors (Lipinski definition) is 6. The van der Waals surface area contributed by atoms with Crippen LogP contribution >= 0.6 is 46.1 Å². The van der Waals surface area contributed by atoms with Gasteiger partial charge in [0.15, 0.2) is 16.9 Å². The molecule has 10 heteroatoms. The van der Waals surface area contributed by atoms with E-state index in [1.54, 1.807) is 0 Å². The predicted octanol–water partition coefficient (Wildman–Crippen LogP) is 5.91. The average Bonchev–Trinajstić information content (AvgIpc) is 3.20. The first kappa shape index (κ1) is 22.5. The molecule has 1 aromatic carbocycles. The molecule has 6 nitrogen and oxygen atoms in total. The third-order valence-electron chi connectivity index (χ3n) is 4.16. The summed E-state index contributed by atoms with van der Waals surface area (Å²) >= 11 is 19.0. The molecule has 0 unspecified atom stereocenters. The van der Waals surface area contributed by atoms with E-state index in [4.69, 9.17) is 39.5 Å². The molecule has 30 heavy (non-hydrogen) atoms. The highest BCUT2D eigenvalue weighted by Gasteiger charge is 2.24. The summed E-state index contributed by atoms with van der Waals surface area (Å²) in [6.07, 6.45) is 1.03. The molecular weight excluding hydrogens is 469 g/mol. The summed E-state index contributed by atoms with van der Waals surface area (Å²) in [5.41, 5.74) is 2.70. The van der Waals surface area contributed by atoms with Gasteiger partial charge in [0, 0.05) is 17.1 Å². The van der Waals surface area contributed by atoms with Crippen molar-refractivity contribution in [2.75, 3.05) is 5.32 Å². The van der Waals surface area contributed by atoms with E-state index >= 15 is 0 Å². The molecule has 0 radical (unpaired) electrons. The summed E-state index contributed by atoms with van der Waals surface area (Å²) < 4.78 is 5.14. The lowest BCUT2D eigenvalue weighted by Gasteiger charge is -2.13. The highest BCUT2D eigenvalue weighted by molar-refractivity contribution is 7.14. The SMILES string of the molecule is CCc1ccc(-c2csc(NC(=O)[C@H](C)OC(=O)c3ncc(Cl)c(Cl)c3Cl)n2)cc1. The number of nitrogens with one attached hydrogen (secondary N) is 1. The van der Waals surface area contributed by atoms with E-state index < -0.39 is 18.0 Å². The van der Waals surface area contributed by atoms with Crippen LogP contribution in [0.3, 0.4) is 0 Å². The molecular formula is C20H16Cl3N3O3S. The zero-order valence-corrected chi connectivity index (χ0v) is 19.0. The fourth-order valence-electron chi connectivity index (χ4n) is 2.44. The number of thiazole rings is 1. The first-order valence-electron chi connectivity index (χ1n) is 8.86. The number of ether oxygens (including phenoxy) is 1. The Kier molecular flexibility index (Phi) is 7.31. The number of anilines is 1. The second-order valence-corrected chi connectivity index (χ2v) is 8.23. The number of hydrogen-bond donors (Lipinski definition) is 1. The van der Waals surface area contributed by atoms with Gasteiger partial charge in [0.05, 0.1) is 20.8 Å². The minimum atomic E-state index is -1.11. The number of esters is 1. The van der Waals surface area contributed by atoms with Crippen LogP contribution in [0.15, 0.2) is 35.8 Å². The summed E-state index contributed by atoms with van der Waals surface area (Å²) in [7, 11) is 0. The third kappa shape index (κ3) is 5.10. The molecule has 0 saturated carbocycles. The Morgan fingerprint density at radius 3 is 2.53 bits per heavy atom. The lowest BCUT2D eigenvalue weighted by atomic mass is 10.1. The second kappa shape index (κ2) is 9.75. The lowest BCUT2D eigenvalue weighted by molar-refractivity contribution is -0.123. The van der Waals surface area contributed by atoms with Gasteiger partial charge in [-0.2, -0.15) is 0 Å². The molecule has 3 aromatic rings. The Bertz CT molecular complexity index is 1090. The van der Waals surface area contributed by atoms with E-state index in [1.807, 2.05) is 29.6 Å². The zero-order valence-electron chi connectivity index (χ0n) is 15.9. The Morgan fingerprint density at radius 2 is 1.87 bits per heavy atom. The van der Waals surface area contributed by atoms with Crippen LogP contribution in [0.25, 0.3) is 11.3 Å². The average molecular weight is 485 g/mol. The molecule has 0 aliphatic rings. The lowest BCUT2D eigenvalue weighted by Crippen LogP contribution is -2.30. The summed E-state index contributed by atoms with van der Waals surface area (Å²) in [6, 6.07) is 8.04. The van der Waals surface area contributed by atoms with Gasteiger partial charge in [0.1, 0.15) is 0 Å². The molecule has 0 spiro atoms. The summed E-state index contributed by atoms with van der Waals surface area (Å²) in [4.78, 5) is 32.9. The van der Waals surface area contributed by atoms with E-state index in [0.29, 0.717) is 5.13 Å². The third-order valence-corrected chi connectivity index (χ3v) is 6.15. The maximum atomic E-state index is 12.4. The maximum Gasteiger partial charge on any atom is 0.359 e. The standard InChI is InChI=1S/C20H16Cl3N3O3S/c1-3-11-4-6-12(7-5-11)14-9-30-20(25-14)26-18(27)10(2)29-19(28)17-16(23)15(22)13(21)8-24-17/h4-10H,3H2,1-2H3,(H,25,26,27)/t10-/m0/s1. The van der Waals surface area contributed by atoms with Gasteiger partial charge in [-0.3, -0.25) is 10.1 Å². The van der Waals surface area contributed by atoms with Crippen LogP contribution < -0.4 is 5.32 Å². The number of halogens is 3. The number of amides is 1. The van der Waals surface area contributed by atoms with Gasteiger partial charge in [-0.15, -0.1) is 11.3 Å². The molecule has 0 aliphatic carbocycles. The van der Waals surface area contributed by atoms with Crippen molar-refractivity contribution >= 4 is 63.1 Å². The minimum Gasteiger partial charge on any atom is -0.448 e. The van der Waals surface area contributed by atoms with Crippen LogP contribution in [0.5, 0.6) is 0 Å². The van der Waals surface area contributed by atoms with Crippen LogP contribution in [0.2, 0.25) is 15.1 Å². The molecule has 1 amide bonds. The Labute approximate surface area is 192 Å². The summed E-state index contributed by atoms with van der Waals surface area (Å²) in [5, 5.41) is 4.82. The molecule has 2 heterocycles. The van der Waals surface area contributed by atoms with Crippen molar-refractivity contribution < 1.29 is 14.3 Å². The zero-order chi connectivity index (χ0) is 21.8. The van der Waals surface area contributed by atoms with Crippen LogP contribution in [-0.4, -0.2) is 27.9 Å². The van der Waals surface area contributed by atoms with Gasteiger partial charge in [-0.25, -0.2) is 14.8 Å². The number of benzene rings is 1. The molecule has 0 fully saturated rings. The van der Waals surface area contributed by atoms with Crippen molar-refractivity contribution in [2.24, 2.45) is 0 Å². The van der Waals surface area contributed by atoms with Crippen molar-refractivity contribution in [1.29, 1.82) is 0 Å². The van der Waals surface area contributed by atoms with Gasteiger partial charge in [-0.05, 0) is 18.9 Å². The van der Waals surface area contributed by atoms with Crippen LogP contribution in [0, 0.1) is 0 Å². The fraction of sp³-hybridized carbons (Fsp3) is 0.200. The number of carbonyl (C=O) groups excluding carboxylic acids is 2. The Morgan fingerprint density at radius 1 is 1.17 bits per heavy atom. The molecule has 0 bridgehead atoms. The number of aromatic nitrogens is 2. The number of carbonyl (C=O) groups is 2. The van der Waals surface area contributed by atoms with Crippen molar-refractivity contribution in [3.8, 4) is 11.3 Å². The van der Waals surface area contributed by atoms with Gasteiger partial charge >= 0.3 is 5.97 Å². The molecule has 2 aromatic heterocycles.